The first-order valence-corrected chi connectivity index (χ1v) is 7.94. The van der Waals surface area contributed by atoms with E-state index >= 15 is 0 Å². The van der Waals surface area contributed by atoms with Gasteiger partial charge in [-0.25, -0.2) is 8.42 Å². The van der Waals surface area contributed by atoms with E-state index < -0.39 is 9.84 Å². The lowest BCUT2D eigenvalue weighted by Gasteiger charge is -2.12. The number of carbonyl (C=O) groups is 1. The molecule has 0 fully saturated rings. The van der Waals surface area contributed by atoms with Crippen molar-refractivity contribution in [2.45, 2.75) is 24.3 Å². The summed E-state index contributed by atoms with van der Waals surface area (Å²) in [7, 11) is -3.23. The molecule has 1 rings (SSSR count). The van der Waals surface area contributed by atoms with Gasteiger partial charge in [0, 0.05) is 23.7 Å². The fourth-order valence-corrected chi connectivity index (χ4v) is 2.35. The zero-order chi connectivity index (χ0) is 13.8. The van der Waals surface area contributed by atoms with Crippen molar-refractivity contribution in [3.63, 3.8) is 0 Å². The summed E-state index contributed by atoms with van der Waals surface area (Å²) in [5, 5.41) is 2.78. The van der Waals surface area contributed by atoms with Crippen LogP contribution in [0.2, 0.25) is 0 Å². The van der Waals surface area contributed by atoms with Crippen molar-refractivity contribution < 1.29 is 13.2 Å². The number of nitrogens with one attached hydrogen (secondary N) is 1. The lowest BCUT2D eigenvalue weighted by Crippen LogP contribution is -2.32. The molecule has 1 amide bonds. The number of alkyl halides is 1. The maximum Gasteiger partial charge on any atom is 0.251 e. The quantitative estimate of drug-likeness (QED) is 0.841. The molecule has 0 spiro atoms. The van der Waals surface area contributed by atoms with E-state index in [9.17, 15) is 13.2 Å². The molecule has 0 bridgehead atoms. The van der Waals surface area contributed by atoms with Crippen LogP contribution >= 0.6 is 11.6 Å². The Morgan fingerprint density at radius 3 is 2.33 bits per heavy atom. The molecular formula is C12H16ClNO3S. The first-order valence-electron chi connectivity index (χ1n) is 5.51. The molecule has 0 aliphatic rings. The van der Waals surface area contributed by atoms with Crippen molar-refractivity contribution >= 4 is 27.3 Å². The first-order chi connectivity index (χ1) is 8.34. The zero-order valence-corrected chi connectivity index (χ0v) is 11.9. The van der Waals surface area contributed by atoms with Gasteiger partial charge in [0.05, 0.1) is 4.90 Å². The summed E-state index contributed by atoms with van der Waals surface area (Å²) in [6.45, 7) is 1.87. The summed E-state index contributed by atoms with van der Waals surface area (Å²) in [6, 6.07) is 5.84. The smallest absolute Gasteiger partial charge is 0.251 e. The van der Waals surface area contributed by atoms with Gasteiger partial charge < -0.3 is 5.32 Å². The number of rotatable bonds is 5. The Bertz CT molecular complexity index is 511. The van der Waals surface area contributed by atoms with Crippen molar-refractivity contribution in [2.24, 2.45) is 0 Å². The molecule has 0 aliphatic carbocycles. The Hall–Kier alpha value is -1.07. The molecule has 1 aromatic carbocycles. The van der Waals surface area contributed by atoms with Gasteiger partial charge in [0.15, 0.2) is 9.84 Å². The average Bonchev–Trinajstić information content (AvgIpc) is 2.28. The number of hydrogen-bond donors (Lipinski definition) is 1. The Kier molecular flexibility index (Phi) is 5.16. The van der Waals surface area contributed by atoms with Crippen LogP contribution in [0.25, 0.3) is 0 Å². The Morgan fingerprint density at radius 1 is 1.33 bits per heavy atom. The molecule has 100 valence electrons. The molecule has 0 heterocycles. The van der Waals surface area contributed by atoms with Crippen molar-refractivity contribution in [1.82, 2.24) is 5.32 Å². The third kappa shape index (κ3) is 4.31. The predicted octanol–water partition coefficient (Wildman–Crippen LogP) is 1.84. The molecular weight excluding hydrogens is 274 g/mol. The number of sulfone groups is 1. The molecule has 0 radical (unpaired) electrons. The van der Waals surface area contributed by atoms with Crippen molar-refractivity contribution in [3.05, 3.63) is 29.8 Å². The summed E-state index contributed by atoms with van der Waals surface area (Å²) in [5.41, 5.74) is 0.434. The highest BCUT2D eigenvalue weighted by molar-refractivity contribution is 7.90. The van der Waals surface area contributed by atoms with Crippen LogP contribution in [0.15, 0.2) is 29.2 Å². The SMILES string of the molecule is CC(CCCl)NC(=O)c1ccc(S(C)(=O)=O)cc1. The van der Waals surface area contributed by atoms with Gasteiger partial charge in [-0.05, 0) is 37.6 Å². The van der Waals surface area contributed by atoms with Crippen LogP contribution in [0.3, 0.4) is 0 Å². The van der Waals surface area contributed by atoms with Crippen molar-refractivity contribution in [3.8, 4) is 0 Å². The van der Waals surface area contributed by atoms with Gasteiger partial charge in [-0.15, -0.1) is 11.6 Å². The van der Waals surface area contributed by atoms with Crippen LogP contribution in [-0.2, 0) is 9.84 Å². The maximum atomic E-state index is 11.8. The van der Waals surface area contributed by atoms with Crippen LogP contribution in [-0.4, -0.2) is 32.5 Å². The van der Waals surface area contributed by atoms with Gasteiger partial charge in [-0.1, -0.05) is 0 Å². The first kappa shape index (κ1) is 15.0. The van der Waals surface area contributed by atoms with E-state index in [4.69, 9.17) is 11.6 Å². The lowest BCUT2D eigenvalue weighted by atomic mass is 10.2. The van der Waals surface area contributed by atoms with Crippen LogP contribution < -0.4 is 5.32 Å². The van der Waals surface area contributed by atoms with Gasteiger partial charge in [-0.3, -0.25) is 4.79 Å². The summed E-state index contributed by atoms with van der Waals surface area (Å²) < 4.78 is 22.5. The van der Waals surface area contributed by atoms with E-state index in [2.05, 4.69) is 5.32 Å². The topological polar surface area (TPSA) is 63.2 Å². The molecule has 6 heteroatoms. The van der Waals surface area contributed by atoms with Gasteiger partial charge in [-0.2, -0.15) is 0 Å². The van der Waals surface area contributed by atoms with Crippen LogP contribution in [0.1, 0.15) is 23.7 Å². The summed E-state index contributed by atoms with van der Waals surface area (Å²) >= 11 is 5.58. The molecule has 0 aliphatic heterocycles. The third-order valence-corrected chi connectivity index (χ3v) is 3.81. The molecule has 0 aromatic heterocycles. The summed E-state index contributed by atoms with van der Waals surface area (Å²) in [5.74, 6) is 0.252. The van der Waals surface area contributed by atoms with Crippen molar-refractivity contribution in [2.75, 3.05) is 12.1 Å². The molecule has 1 atom stereocenters. The van der Waals surface area contributed by atoms with Gasteiger partial charge in [0.2, 0.25) is 0 Å². The molecule has 4 nitrogen and oxygen atoms in total. The molecule has 1 unspecified atom stereocenters. The van der Waals surface area contributed by atoms with E-state index in [1.807, 2.05) is 6.92 Å². The van der Waals surface area contributed by atoms with Crippen LogP contribution in [0.5, 0.6) is 0 Å². The van der Waals surface area contributed by atoms with Crippen LogP contribution in [0.4, 0.5) is 0 Å². The van der Waals surface area contributed by atoms with Crippen LogP contribution in [0, 0.1) is 0 Å². The lowest BCUT2D eigenvalue weighted by molar-refractivity contribution is 0.0939. The number of carbonyl (C=O) groups excluding carboxylic acids is 1. The molecule has 0 saturated heterocycles. The monoisotopic (exact) mass is 289 g/mol. The second kappa shape index (κ2) is 6.20. The fraction of sp³-hybridized carbons (Fsp3) is 0.417. The number of benzene rings is 1. The summed E-state index contributed by atoms with van der Waals surface area (Å²) in [6.07, 6.45) is 1.82. The highest BCUT2D eigenvalue weighted by Gasteiger charge is 2.11. The number of hydrogen-bond acceptors (Lipinski definition) is 3. The maximum absolute atomic E-state index is 11.8. The Labute approximate surface area is 112 Å². The number of halogens is 1. The Balaban J connectivity index is 2.77. The molecule has 1 N–H and O–H groups in total. The van der Waals surface area contributed by atoms with E-state index in [1.165, 1.54) is 24.3 Å². The van der Waals surface area contributed by atoms with E-state index in [0.717, 1.165) is 6.26 Å². The largest absolute Gasteiger partial charge is 0.350 e. The normalized spacial score (nSPS) is 13.1. The predicted molar refractivity (Wildman–Crippen MR) is 71.8 cm³/mol. The third-order valence-electron chi connectivity index (χ3n) is 2.46. The minimum absolute atomic E-state index is 0.00964. The highest BCUT2D eigenvalue weighted by Crippen LogP contribution is 2.10. The Morgan fingerprint density at radius 2 is 1.89 bits per heavy atom. The second-order valence-electron chi connectivity index (χ2n) is 4.15. The second-order valence-corrected chi connectivity index (χ2v) is 6.54. The van der Waals surface area contributed by atoms with E-state index in [1.54, 1.807) is 0 Å². The minimum atomic E-state index is -3.23. The minimum Gasteiger partial charge on any atom is -0.350 e. The van der Waals surface area contributed by atoms with Gasteiger partial charge in [0.25, 0.3) is 5.91 Å². The molecule has 18 heavy (non-hydrogen) atoms. The molecule has 1 aromatic rings. The highest BCUT2D eigenvalue weighted by atomic mass is 35.5. The fourth-order valence-electron chi connectivity index (χ4n) is 1.40. The zero-order valence-electron chi connectivity index (χ0n) is 10.3. The number of amides is 1. The average molecular weight is 290 g/mol. The summed E-state index contributed by atoms with van der Waals surface area (Å²) in [4.78, 5) is 12.0. The van der Waals surface area contributed by atoms with Gasteiger partial charge in [0.1, 0.15) is 0 Å². The van der Waals surface area contributed by atoms with E-state index in [0.29, 0.717) is 17.9 Å². The van der Waals surface area contributed by atoms with Gasteiger partial charge >= 0.3 is 0 Å². The van der Waals surface area contributed by atoms with Crippen molar-refractivity contribution in [1.29, 1.82) is 0 Å². The molecule has 0 saturated carbocycles. The van der Waals surface area contributed by atoms with E-state index in [-0.39, 0.29) is 16.8 Å². The standard InChI is InChI=1S/C12H16ClNO3S/c1-9(7-8-13)14-12(15)10-3-5-11(6-4-10)18(2,16)17/h3-6,9H,7-8H2,1-2H3,(H,14,15).